The summed E-state index contributed by atoms with van der Waals surface area (Å²) in [6.45, 7) is 0.695. The van der Waals surface area contributed by atoms with Crippen LogP contribution in [0.4, 0.5) is 4.79 Å². The smallest absolute Gasteiger partial charge is 0.416 e. The van der Waals surface area contributed by atoms with Crippen molar-refractivity contribution < 1.29 is 14.6 Å². The first-order valence-corrected chi connectivity index (χ1v) is 9.40. The van der Waals surface area contributed by atoms with E-state index in [1.54, 1.807) is 16.9 Å². The third-order valence-electron chi connectivity index (χ3n) is 5.37. The van der Waals surface area contributed by atoms with E-state index in [4.69, 9.17) is 4.74 Å². The average molecular weight is 387 g/mol. The van der Waals surface area contributed by atoms with Crippen molar-refractivity contribution in [2.75, 3.05) is 6.61 Å². The monoisotopic (exact) mass is 387 g/mol. The van der Waals surface area contributed by atoms with Crippen molar-refractivity contribution in [2.24, 2.45) is 0 Å². The maximum Gasteiger partial charge on any atom is 0.416 e. The van der Waals surface area contributed by atoms with Gasteiger partial charge in [0.05, 0.1) is 17.2 Å². The summed E-state index contributed by atoms with van der Waals surface area (Å²) in [6.07, 6.45) is 6.51. The average Bonchev–Trinajstić information content (AvgIpc) is 3.35. The summed E-state index contributed by atoms with van der Waals surface area (Å²) < 4.78 is 8.79. The number of aromatic nitrogens is 4. The van der Waals surface area contributed by atoms with Crippen molar-refractivity contribution >= 4 is 27.9 Å². The molecule has 5 rings (SSSR count). The summed E-state index contributed by atoms with van der Waals surface area (Å²) in [6, 6.07) is 9.73. The van der Waals surface area contributed by atoms with Crippen molar-refractivity contribution in [1.82, 2.24) is 19.3 Å². The number of fused-ring (bicyclic) bond motifs is 2. The summed E-state index contributed by atoms with van der Waals surface area (Å²) in [7, 11) is 0. The van der Waals surface area contributed by atoms with Crippen LogP contribution >= 0.6 is 0 Å². The second-order valence-corrected chi connectivity index (χ2v) is 7.05. The van der Waals surface area contributed by atoms with Gasteiger partial charge in [0.15, 0.2) is 11.9 Å². The van der Waals surface area contributed by atoms with Gasteiger partial charge in [0.1, 0.15) is 6.07 Å². The van der Waals surface area contributed by atoms with Crippen molar-refractivity contribution in [1.29, 1.82) is 5.26 Å². The van der Waals surface area contributed by atoms with E-state index in [9.17, 15) is 15.2 Å². The number of nitriles is 1. The normalized spacial score (nSPS) is 16.9. The summed E-state index contributed by atoms with van der Waals surface area (Å²) in [5.41, 5.74) is 3.36. The third kappa shape index (κ3) is 2.75. The van der Waals surface area contributed by atoms with E-state index in [1.807, 2.05) is 18.2 Å². The molecule has 0 amide bonds. The molecule has 0 bridgehead atoms. The minimum Gasteiger partial charge on any atom is -0.464 e. The van der Waals surface area contributed by atoms with Gasteiger partial charge in [-0.25, -0.2) is 9.48 Å². The number of ether oxygens (including phenoxy) is 1. The highest BCUT2D eigenvalue weighted by atomic mass is 16.5. The lowest BCUT2D eigenvalue weighted by Gasteiger charge is -2.23. The molecule has 1 aliphatic heterocycles. The van der Waals surface area contributed by atoms with E-state index >= 15 is 0 Å². The van der Waals surface area contributed by atoms with Crippen LogP contribution in [0.2, 0.25) is 0 Å². The minimum atomic E-state index is -1.06. The zero-order valence-corrected chi connectivity index (χ0v) is 15.4. The van der Waals surface area contributed by atoms with Crippen LogP contribution in [-0.2, 0) is 4.74 Å². The molecule has 0 spiro atoms. The molecule has 1 aromatic carbocycles. The maximum absolute atomic E-state index is 11.4. The molecule has 1 fully saturated rings. The summed E-state index contributed by atoms with van der Waals surface area (Å²) in [5, 5.41) is 25.0. The summed E-state index contributed by atoms with van der Waals surface area (Å²) in [5.74, 6) is 0. The number of hydrogen-bond donors (Lipinski definition) is 1. The molecule has 144 valence electrons. The highest BCUT2D eigenvalue weighted by molar-refractivity contribution is 6.00. The number of carbonyl (C=O) groups is 1. The quantitative estimate of drug-likeness (QED) is 0.554. The molecule has 1 atom stereocenters. The molecular formula is C21H17N5O3. The molecule has 0 aliphatic carbocycles. The second kappa shape index (κ2) is 6.72. The van der Waals surface area contributed by atoms with Crippen molar-refractivity contribution in [3.05, 3.63) is 48.5 Å². The Morgan fingerprint density at radius 3 is 2.86 bits per heavy atom. The Balaban J connectivity index is 1.67. The van der Waals surface area contributed by atoms with E-state index in [2.05, 4.69) is 16.2 Å². The van der Waals surface area contributed by atoms with Gasteiger partial charge < -0.3 is 9.84 Å². The molecule has 4 aromatic rings. The molecule has 1 aliphatic rings. The van der Waals surface area contributed by atoms with Crippen LogP contribution in [0.3, 0.4) is 0 Å². The van der Waals surface area contributed by atoms with Gasteiger partial charge in [-0.15, -0.1) is 0 Å². The largest absolute Gasteiger partial charge is 0.464 e. The Morgan fingerprint density at radius 2 is 2.10 bits per heavy atom. The summed E-state index contributed by atoms with van der Waals surface area (Å²) in [4.78, 5) is 15.6. The predicted octanol–water partition coefficient (Wildman–Crippen LogP) is 4.15. The van der Waals surface area contributed by atoms with Crippen LogP contribution in [0.25, 0.3) is 32.9 Å². The van der Waals surface area contributed by atoms with Gasteiger partial charge in [-0.05, 0) is 43.0 Å². The van der Waals surface area contributed by atoms with Crippen LogP contribution in [0.1, 0.15) is 31.2 Å². The molecule has 1 N–H and O–H groups in total. The molecule has 8 nitrogen and oxygen atoms in total. The van der Waals surface area contributed by atoms with E-state index in [0.717, 1.165) is 51.2 Å². The molecule has 4 heterocycles. The molecule has 1 saturated heterocycles. The Labute approximate surface area is 165 Å². The molecule has 0 saturated carbocycles. The number of rotatable bonds is 2. The Bertz CT molecular complexity index is 1290. The molecule has 3 aromatic heterocycles. The zero-order valence-electron chi connectivity index (χ0n) is 15.4. The number of pyridine rings is 1. The van der Waals surface area contributed by atoms with Crippen molar-refractivity contribution in [3.8, 4) is 17.2 Å². The van der Waals surface area contributed by atoms with E-state index < -0.39 is 6.09 Å². The first kappa shape index (κ1) is 17.4. The fraction of sp³-hybridized carbons (Fsp3) is 0.238. The van der Waals surface area contributed by atoms with Crippen LogP contribution in [-0.4, -0.2) is 37.1 Å². The van der Waals surface area contributed by atoms with Crippen LogP contribution < -0.4 is 0 Å². The lowest BCUT2D eigenvalue weighted by Crippen LogP contribution is -2.19. The third-order valence-corrected chi connectivity index (χ3v) is 5.37. The lowest BCUT2D eigenvalue weighted by atomic mass is 10.0. The van der Waals surface area contributed by atoms with Crippen molar-refractivity contribution in [3.63, 3.8) is 0 Å². The van der Waals surface area contributed by atoms with Gasteiger partial charge in [0.2, 0.25) is 0 Å². The lowest BCUT2D eigenvalue weighted by molar-refractivity contribution is -0.0367. The van der Waals surface area contributed by atoms with E-state index in [0.29, 0.717) is 17.8 Å². The molecule has 8 heteroatoms. The minimum absolute atomic E-state index is 0.158. The highest BCUT2D eigenvalue weighted by Crippen LogP contribution is 2.33. The molecule has 29 heavy (non-hydrogen) atoms. The predicted molar refractivity (Wildman–Crippen MR) is 105 cm³/mol. The Morgan fingerprint density at radius 1 is 1.21 bits per heavy atom. The topological polar surface area (TPSA) is 106 Å². The van der Waals surface area contributed by atoms with Gasteiger partial charge in [-0.2, -0.15) is 10.4 Å². The fourth-order valence-electron chi connectivity index (χ4n) is 3.98. The van der Waals surface area contributed by atoms with Crippen LogP contribution in [0.5, 0.6) is 0 Å². The van der Waals surface area contributed by atoms with Crippen LogP contribution in [0, 0.1) is 11.3 Å². The van der Waals surface area contributed by atoms with E-state index in [-0.39, 0.29) is 6.23 Å². The van der Waals surface area contributed by atoms with Gasteiger partial charge in [0, 0.05) is 35.3 Å². The number of hydrogen-bond acceptors (Lipinski definition) is 5. The van der Waals surface area contributed by atoms with Crippen molar-refractivity contribution in [2.45, 2.75) is 25.5 Å². The Hall–Kier alpha value is -3.70. The summed E-state index contributed by atoms with van der Waals surface area (Å²) >= 11 is 0. The number of benzene rings is 1. The standard InChI is InChI=1S/C21H17N5O3/c22-10-17-15-9-13(4-5-18(15)26(24-17)20-3-1-2-8-29-20)16-11-23-12-19-14(16)6-7-25(19)21(27)28/h4-7,9,11-12,20H,1-3,8H2,(H,27,28). The first-order chi connectivity index (χ1) is 14.2. The van der Waals surface area contributed by atoms with E-state index in [1.165, 1.54) is 12.4 Å². The van der Waals surface area contributed by atoms with Gasteiger partial charge in [-0.3, -0.25) is 9.55 Å². The molecular weight excluding hydrogens is 370 g/mol. The van der Waals surface area contributed by atoms with Gasteiger partial charge >= 0.3 is 6.09 Å². The number of nitrogens with zero attached hydrogens (tertiary/aromatic N) is 5. The number of carboxylic acid groups (broad SMARTS) is 1. The fourth-order valence-corrected chi connectivity index (χ4v) is 3.98. The second-order valence-electron chi connectivity index (χ2n) is 7.05. The SMILES string of the molecule is N#Cc1nn(C2CCCCO2)c2ccc(-c3cncc4c3ccn4C(=O)O)cc12. The molecule has 0 radical (unpaired) electrons. The molecule has 1 unspecified atom stereocenters. The Kier molecular flexibility index (Phi) is 4.03. The van der Waals surface area contributed by atoms with Gasteiger partial charge in [0.25, 0.3) is 0 Å². The maximum atomic E-state index is 11.4. The van der Waals surface area contributed by atoms with Gasteiger partial charge in [-0.1, -0.05) is 6.07 Å². The highest BCUT2D eigenvalue weighted by Gasteiger charge is 2.22. The zero-order chi connectivity index (χ0) is 20.0. The van der Waals surface area contributed by atoms with Crippen LogP contribution in [0.15, 0.2) is 42.9 Å². The first-order valence-electron chi connectivity index (χ1n) is 9.40.